The molecular formula is C32H39N7O2. The van der Waals surface area contributed by atoms with Crippen LogP contribution in [0.5, 0.6) is 5.75 Å². The minimum absolute atomic E-state index is 0.0808. The van der Waals surface area contributed by atoms with E-state index >= 15 is 0 Å². The number of anilines is 1. The fourth-order valence-electron chi connectivity index (χ4n) is 5.87. The molecule has 3 heterocycles. The third kappa shape index (κ3) is 6.05. The van der Waals surface area contributed by atoms with Crippen molar-refractivity contribution >= 4 is 22.9 Å². The Morgan fingerprint density at radius 3 is 2.39 bits per heavy atom. The summed E-state index contributed by atoms with van der Waals surface area (Å²) in [5.41, 5.74) is 4.47. The van der Waals surface area contributed by atoms with Crippen molar-refractivity contribution in [1.29, 1.82) is 0 Å². The molecule has 2 fully saturated rings. The highest BCUT2D eigenvalue weighted by Gasteiger charge is 2.23. The molecule has 41 heavy (non-hydrogen) atoms. The second kappa shape index (κ2) is 12.3. The SMILES string of the molecule is COc1ccc(CCNc2nc(-c3ccc(C(=O)N4CCN(C)CC4)cc3)nc3c2ncn3C2CCCCC2)cc1. The maximum atomic E-state index is 13.1. The van der Waals surface area contributed by atoms with Crippen LogP contribution in [-0.2, 0) is 6.42 Å². The maximum Gasteiger partial charge on any atom is 0.253 e. The van der Waals surface area contributed by atoms with Gasteiger partial charge in [-0.2, -0.15) is 0 Å². The molecule has 0 radical (unpaired) electrons. The quantitative estimate of drug-likeness (QED) is 0.327. The highest BCUT2D eigenvalue weighted by Crippen LogP contribution is 2.32. The number of imidazole rings is 1. The Bertz CT molecular complexity index is 1470. The van der Waals surface area contributed by atoms with Gasteiger partial charge in [-0.1, -0.05) is 43.5 Å². The molecule has 4 aromatic rings. The van der Waals surface area contributed by atoms with Gasteiger partial charge in [0, 0.05) is 49.9 Å². The van der Waals surface area contributed by atoms with Crippen LogP contribution in [0.2, 0.25) is 0 Å². The van der Waals surface area contributed by atoms with E-state index in [2.05, 4.69) is 34.0 Å². The summed E-state index contributed by atoms with van der Waals surface area (Å²) >= 11 is 0. The molecule has 1 amide bonds. The van der Waals surface area contributed by atoms with Gasteiger partial charge in [-0.25, -0.2) is 15.0 Å². The van der Waals surface area contributed by atoms with Gasteiger partial charge in [0.2, 0.25) is 0 Å². The number of benzene rings is 2. The van der Waals surface area contributed by atoms with Gasteiger partial charge < -0.3 is 24.4 Å². The number of carbonyl (C=O) groups is 1. The molecular weight excluding hydrogens is 514 g/mol. The fraction of sp³-hybridized carbons (Fsp3) is 0.438. The van der Waals surface area contributed by atoms with E-state index in [0.717, 1.165) is 73.7 Å². The standard InChI is InChI=1S/C32H39N7O2/c1-37-18-20-38(21-19-37)32(40)25-12-10-24(11-13-25)29-35-30(33-17-16-23-8-14-27(41-2)15-9-23)28-31(36-29)39(22-34-28)26-6-4-3-5-7-26/h8-15,22,26H,3-7,16-21H2,1-2H3,(H,33,35,36). The zero-order chi connectivity index (χ0) is 28.2. The van der Waals surface area contributed by atoms with Gasteiger partial charge in [0.05, 0.1) is 13.4 Å². The number of piperazine rings is 1. The van der Waals surface area contributed by atoms with Gasteiger partial charge in [0.15, 0.2) is 17.3 Å². The molecule has 9 nitrogen and oxygen atoms in total. The largest absolute Gasteiger partial charge is 0.497 e. The first-order valence-corrected chi connectivity index (χ1v) is 14.8. The van der Waals surface area contributed by atoms with Crippen molar-refractivity contribution in [2.24, 2.45) is 0 Å². The third-order valence-corrected chi connectivity index (χ3v) is 8.44. The zero-order valence-electron chi connectivity index (χ0n) is 24.1. The van der Waals surface area contributed by atoms with Gasteiger partial charge in [0.1, 0.15) is 11.3 Å². The predicted molar refractivity (Wildman–Crippen MR) is 161 cm³/mol. The van der Waals surface area contributed by atoms with Crippen LogP contribution in [0.25, 0.3) is 22.6 Å². The number of likely N-dealkylation sites (N-methyl/N-ethyl adjacent to an activating group) is 1. The average Bonchev–Trinajstić information content (AvgIpc) is 3.46. The Morgan fingerprint density at radius 1 is 0.951 bits per heavy atom. The number of nitrogens with zero attached hydrogens (tertiary/aromatic N) is 6. The molecule has 0 spiro atoms. The molecule has 2 aliphatic rings. The number of carbonyl (C=O) groups excluding carboxylic acids is 1. The highest BCUT2D eigenvalue weighted by atomic mass is 16.5. The van der Waals surface area contributed by atoms with E-state index in [0.29, 0.717) is 24.0 Å². The summed E-state index contributed by atoms with van der Waals surface area (Å²) in [5.74, 6) is 2.32. The molecule has 1 saturated carbocycles. The lowest BCUT2D eigenvalue weighted by Gasteiger charge is -2.32. The molecule has 9 heteroatoms. The van der Waals surface area contributed by atoms with Crippen LogP contribution in [0.4, 0.5) is 5.82 Å². The van der Waals surface area contributed by atoms with Gasteiger partial charge in [-0.15, -0.1) is 0 Å². The van der Waals surface area contributed by atoms with Gasteiger partial charge in [-0.3, -0.25) is 4.79 Å². The molecule has 0 unspecified atom stereocenters. The molecule has 2 aromatic heterocycles. The number of ether oxygens (including phenoxy) is 1. The number of methoxy groups -OCH3 is 1. The summed E-state index contributed by atoms with van der Waals surface area (Å²) in [7, 11) is 3.77. The molecule has 1 aliphatic heterocycles. The lowest BCUT2D eigenvalue weighted by Crippen LogP contribution is -2.47. The van der Waals surface area contributed by atoms with Crippen LogP contribution in [0.3, 0.4) is 0 Å². The molecule has 1 aliphatic carbocycles. The number of hydrogen-bond acceptors (Lipinski definition) is 7. The van der Waals surface area contributed by atoms with Crippen LogP contribution >= 0.6 is 0 Å². The second-order valence-corrected chi connectivity index (χ2v) is 11.2. The molecule has 1 saturated heterocycles. The van der Waals surface area contributed by atoms with Crippen molar-refractivity contribution in [3.63, 3.8) is 0 Å². The first-order chi connectivity index (χ1) is 20.1. The zero-order valence-corrected chi connectivity index (χ0v) is 24.1. The van der Waals surface area contributed by atoms with Crippen LogP contribution in [0.1, 0.15) is 54.1 Å². The first-order valence-electron chi connectivity index (χ1n) is 14.8. The smallest absolute Gasteiger partial charge is 0.253 e. The van der Waals surface area contributed by atoms with Crippen molar-refractivity contribution in [3.05, 3.63) is 66.0 Å². The normalized spacial score (nSPS) is 16.7. The number of rotatable bonds is 8. The number of aromatic nitrogens is 4. The lowest BCUT2D eigenvalue weighted by atomic mass is 9.95. The van der Waals surface area contributed by atoms with E-state index in [4.69, 9.17) is 19.7 Å². The summed E-state index contributed by atoms with van der Waals surface area (Å²) < 4.78 is 7.54. The van der Waals surface area contributed by atoms with Crippen molar-refractivity contribution < 1.29 is 9.53 Å². The molecule has 6 rings (SSSR count). The van der Waals surface area contributed by atoms with Crippen LogP contribution in [0.15, 0.2) is 54.9 Å². The third-order valence-electron chi connectivity index (χ3n) is 8.44. The topological polar surface area (TPSA) is 88.4 Å². The fourth-order valence-corrected chi connectivity index (χ4v) is 5.87. The summed E-state index contributed by atoms with van der Waals surface area (Å²) in [6.45, 7) is 4.04. The van der Waals surface area contributed by atoms with Gasteiger partial charge in [-0.05, 0) is 56.1 Å². The lowest BCUT2D eigenvalue weighted by molar-refractivity contribution is 0.0664. The van der Waals surface area contributed by atoms with Gasteiger partial charge in [0.25, 0.3) is 5.91 Å². The Labute approximate surface area is 241 Å². The van der Waals surface area contributed by atoms with E-state index < -0.39 is 0 Å². The van der Waals surface area contributed by atoms with Crippen molar-refractivity contribution in [2.75, 3.05) is 52.2 Å². The number of amides is 1. The number of fused-ring (bicyclic) bond motifs is 1. The molecule has 1 N–H and O–H groups in total. The van der Waals surface area contributed by atoms with Crippen molar-refractivity contribution in [2.45, 2.75) is 44.6 Å². The summed E-state index contributed by atoms with van der Waals surface area (Å²) in [6, 6.07) is 16.3. The maximum absolute atomic E-state index is 13.1. The Kier molecular flexibility index (Phi) is 8.14. The van der Waals surface area contributed by atoms with E-state index in [9.17, 15) is 4.79 Å². The van der Waals surface area contributed by atoms with Crippen LogP contribution < -0.4 is 10.1 Å². The van der Waals surface area contributed by atoms with E-state index in [-0.39, 0.29) is 5.91 Å². The monoisotopic (exact) mass is 553 g/mol. The van der Waals surface area contributed by atoms with E-state index in [1.165, 1.54) is 24.8 Å². The molecule has 214 valence electrons. The van der Waals surface area contributed by atoms with Crippen LogP contribution in [-0.4, -0.2) is 82.1 Å². The van der Waals surface area contributed by atoms with Crippen molar-refractivity contribution in [3.8, 4) is 17.1 Å². The predicted octanol–water partition coefficient (Wildman–Crippen LogP) is 5.05. The summed E-state index contributed by atoms with van der Waals surface area (Å²) in [4.78, 5) is 32.0. The summed E-state index contributed by atoms with van der Waals surface area (Å²) in [6.07, 6.45) is 8.84. The van der Waals surface area contributed by atoms with E-state index in [1.54, 1.807) is 7.11 Å². The highest BCUT2D eigenvalue weighted by molar-refractivity contribution is 5.95. The Hall–Kier alpha value is -3.98. The Morgan fingerprint density at radius 2 is 1.68 bits per heavy atom. The van der Waals surface area contributed by atoms with Gasteiger partial charge >= 0.3 is 0 Å². The second-order valence-electron chi connectivity index (χ2n) is 11.2. The number of nitrogens with one attached hydrogen (secondary N) is 1. The minimum Gasteiger partial charge on any atom is -0.497 e. The molecule has 0 bridgehead atoms. The van der Waals surface area contributed by atoms with E-state index in [1.807, 2.05) is 47.6 Å². The molecule has 2 aromatic carbocycles. The summed E-state index contributed by atoms with van der Waals surface area (Å²) in [5, 5.41) is 3.54. The minimum atomic E-state index is 0.0808. The first kappa shape index (κ1) is 27.2. The number of hydrogen-bond donors (Lipinski definition) is 1. The average molecular weight is 554 g/mol. The molecule has 0 atom stereocenters. The van der Waals surface area contributed by atoms with Crippen LogP contribution in [0, 0.1) is 0 Å². The van der Waals surface area contributed by atoms with Crippen molar-refractivity contribution in [1.82, 2.24) is 29.3 Å². The Balaban J connectivity index is 1.27.